The number of nitrogens with zero attached hydrogens (tertiary/aromatic N) is 6. The van der Waals surface area contributed by atoms with Crippen molar-refractivity contribution in [2.75, 3.05) is 6.54 Å². The lowest BCUT2D eigenvalue weighted by Crippen LogP contribution is -2.45. The second-order valence-corrected chi connectivity index (χ2v) is 11.3. The Morgan fingerprint density at radius 1 is 1.08 bits per heavy atom. The molecule has 0 radical (unpaired) electrons. The van der Waals surface area contributed by atoms with Crippen LogP contribution in [0.25, 0.3) is 0 Å². The maximum Gasteiger partial charge on any atom is 0.273 e. The van der Waals surface area contributed by atoms with Gasteiger partial charge in [0.2, 0.25) is 0 Å². The quantitative estimate of drug-likeness (QED) is 0.454. The Morgan fingerprint density at radius 3 is 2.54 bits per heavy atom. The van der Waals surface area contributed by atoms with E-state index in [1.807, 2.05) is 29.6 Å². The number of carbonyl (C=O) groups is 2. The minimum atomic E-state index is -0.230. The minimum absolute atomic E-state index is 0.00558. The van der Waals surface area contributed by atoms with Crippen LogP contribution in [0.1, 0.15) is 95.1 Å². The van der Waals surface area contributed by atoms with E-state index in [1.54, 1.807) is 29.3 Å². The van der Waals surface area contributed by atoms with Crippen LogP contribution < -0.4 is 0 Å². The lowest BCUT2D eigenvalue weighted by atomic mass is 9.97. The van der Waals surface area contributed by atoms with Crippen molar-refractivity contribution in [2.45, 2.75) is 70.6 Å². The van der Waals surface area contributed by atoms with Crippen LogP contribution in [-0.2, 0) is 13.0 Å². The molecule has 2 aliphatic heterocycles. The Labute approximate surface area is 225 Å². The van der Waals surface area contributed by atoms with Crippen LogP contribution in [0.3, 0.4) is 0 Å². The van der Waals surface area contributed by atoms with E-state index in [-0.39, 0.29) is 29.9 Å². The van der Waals surface area contributed by atoms with E-state index in [0.717, 1.165) is 22.6 Å². The highest BCUT2D eigenvalue weighted by Gasteiger charge is 2.41. The highest BCUT2D eigenvalue weighted by atomic mass is 35.5. The molecule has 3 aliphatic rings. The average Bonchev–Trinajstić information content (AvgIpc) is 3.67. The first-order valence-electron chi connectivity index (χ1n) is 12.7. The summed E-state index contributed by atoms with van der Waals surface area (Å²) in [5, 5.41) is 5.57. The van der Waals surface area contributed by atoms with Crippen molar-refractivity contribution >= 4 is 35.0 Å². The topological polar surface area (TPSA) is 84.2 Å². The van der Waals surface area contributed by atoms with Gasteiger partial charge < -0.3 is 9.80 Å². The molecule has 1 aliphatic carbocycles. The first-order valence-corrected chi connectivity index (χ1v) is 13.5. The maximum atomic E-state index is 13.9. The predicted molar refractivity (Wildman–Crippen MR) is 140 cm³/mol. The van der Waals surface area contributed by atoms with Gasteiger partial charge in [0.15, 0.2) is 0 Å². The molecule has 0 bridgehead atoms. The molecule has 0 unspecified atom stereocenters. The van der Waals surface area contributed by atoms with Gasteiger partial charge in [-0.15, -0.1) is 0 Å². The first kappa shape index (κ1) is 24.4. The fourth-order valence-corrected chi connectivity index (χ4v) is 5.70. The number of hydrogen-bond acceptors (Lipinski definition) is 5. The Morgan fingerprint density at radius 2 is 1.86 bits per heavy atom. The highest BCUT2D eigenvalue weighted by Crippen LogP contribution is 2.39. The summed E-state index contributed by atoms with van der Waals surface area (Å²) in [5.74, 6) is 0.291. The second kappa shape index (κ2) is 9.10. The Balaban J connectivity index is 1.30. The number of halogens is 2. The van der Waals surface area contributed by atoms with Gasteiger partial charge in [0, 0.05) is 42.2 Å². The summed E-state index contributed by atoms with van der Waals surface area (Å²) in [6, 6.07) is 4.59. The molecule has 3 aromatic rings. The van der Waals surface area contributed by atoms with Crippen molar-refractivity contribution in [3.63, 3.8) is 0 Å². The number of aromatic nitrogens is 4. The molecule has 1 saturated carbocycles. The van der Waals surface area contributed by atoms with E-state index >= 15 is 0 Å². The van der Waals surface area contributed by atoms with E-state index in [2.05, 4.69) is 16.9 Å². The van der Waals surface area contributed by atoms with Crippen molar-refractivity contribution in [2.24, 2.45) is 0 Å². The summed E-state index contributed by atoms with van der Waals surface area (Å²) < 4.78 is 1.85. The first-order chi connectivity index (χ1) is 17.7. The third-order valence-corrected chi connectivity index (χ3v) is 8.53. The van der Waals surface area contributed by atoms with Crippen LogP contribution in [0.5, 0.6) is 0 Å². The molecule has 1 aromatic carbocycles. The van der Waals surface area contributed by atoms with Crippen molar-refractivity contribution < 1.29 is 9.59 Å². The monoisotopic (exact) mass is 538 g/mol. The van der Waals surface area contributed by atoms with E-state index in [4.69, 9.17) is 28.3 Å². The van der Waals surface area contributed by atoms with Gasteiger partial charge in [-0.25, -0.2) is 0 Å². The molecule has 2 aromatic heterocycles. The molecular formula is C27H28Cl2N6O2. The van der Waals surface area contributed by atoms with Crippen LogP contribution in [0, 0.1) is 0 Å². The maximum absolute atomic E-state index is 13.9. The molecule has 0 saturated heterocycles. The molecule has 37 heavy (non-hydrogen) atoms. The molecule has 192 valence electrons. The number of benzene rings is 1. The van der Waals surface area contributed by atoms with Gasteiger partial charge in [0.1, 0.15) is 5.69 Å². The molecular weight excluding hydrogens is 511 g/mol. The second-order valence-electron chi connectivity index (χ2n) is 10.5. The van der Waals surface area contributed by atoms with Crippen molar-refractivity contribution in [1.82, 2.24) is 29.5 Å². The lowest BCUT2D eigenvalue weighted by Gasteiger charge is -2.37. The summed E-state index contributed by atoms with van der Waals surface area (Å²) >= 11 is 12.2. The zero-order chi connectivity index (χ0) is 26.0. The Kier molecular flexibility index (Phi) is 5.99. The van der Waals surface area contributed by atoms with Crippen molar-refractivity contribution in [3.05, 3.63) is 74.5 Å². The van der Waals surface area contributed by atoms with Gasteiger partial charge in [-0.1, -0.05) is 23.2 Å². The standard InChI is InChI=1S/C27H28Cl2N6O2/c1-14-8-22-19(13-33(14)26(36)18-6-7-20(28)21(29)9-18)25-27(37)34(12-15(2)35(25)32-22)16(3)23-10-31-24(11-30-23)17-4-5-17/h6-7,9-11,14-17H,4-5,8,12-13H2,1-3H3/t14-,15-,16-/m1/s1. The van der Waals surface area contributed by atoms with Crippen LogP contribution in [0.15, 0.2) is 30.6 Å². The van der Waals surface area contributed by atoms with Gasteiger partial charge in [-0.05, 0) is 51.8 Å². The molecule has 8 nitrogen and oxygen atoms in total. The zero-order valence-electron chi connectivity index (χ0n) is 21.0. The van der Waals surface area contributed by atoms with Crippen LogP contribution in [-0.4, -0.2) is 53.9 Å². The Bertz CT molecular complexity index is 1400. The third kappa shape index (κ3) is 4.20. The molecule has 1 fully saturated rings. The zero-order valence-corrected chi connectivity index (χ0v) is 22.5. The molecule has 0 spiro atoms. The van der Waals surface area contributed by atoms with E-state index in [9.17, 15) is 9.59 Å². The summed E-state index contributed by atoms with van der Waals surface area (Å²) in [7, 11) is 0. The summed E-state index contributed by atoms with van der Waals surface area (Å²) in [6.07, 6.45) is 6.57. The average molecular weight is 539 g/mol. The fourth-order valence-electron chi connectivity index (χ4n) is 5.40. The molecule has 6 rings (SSSR count). The lowest BCUT2D eigenvalue weighted by molar-refractivity contribution is 0.0570. The molecule has 10 heteroatoms. The predicted octanol–water partition coefficient (Wildman–Crippen LogP) is 5.22. The van der Waals surface area contributed by atoms with Gasteiger partial charge >= 0.3 is 0 Å². The van der Waals surface area contributed by atoms with Crippen LogP contribution in [0.4, 0.5) is 0 Å². The molecule has 2 amide bonds. The Hall–Kier alpha value is -2.97. The van der Waals surface area contributed by atoms with Gasteiger partial charge in [0.05, 0.1) is 52.0 Å². The van der Waals surface area contributed by atoms with E-state index < -0.39 is 0 Å². The summed E-state index contributed by atoms with van der Waals surface area (Å²) in [6.45, 7) is 6.90. The molecule has 3 atom stereocenters. The van der Waals surface area contributed by atoms with Crippen LogP contribution in [0.2, 0.25) is 10.0 Å². The minimum Gasteiger partial charge on any atom is -0.331 e. The van der Waals surface area contributed by atoms with Crippen molar-refractivity contribution in [1.29, 1.82) is 0 Å². The van der Waals surface area contributed by atoms with E-state index in [0.29, 0.717) is 46.7 Å². The summed E-state index contributed by atoms with van der Waals surface area (Å²) in [5.41, 5.74) is 4.52. The number of carbonyl (C=O) groups excluding carboxylic acids is 2. The third-order valence-electron chi connectivity index (χ3n) is 7.79. The van der Waals surface area contributed by atoms with E-state index in [1.165, 1.54) is 12.8 Å². The van der Waals surface area contributed by atoms with Gasteiger partial charge in [0.25, 0.3) is 11.8 Å². The molecule has 4 heterocycles. The number of hydrogen-bond donors (Lipinski definition) is 0. The largest absolute Gasteiger partial charge is 0.331 e. The smallest absolute Gasteiger partial charge is 0.273 e. The summed E-state index contributed by atoms with van der Waals surface area (Å²) in [4.78, 5) is 40.2. The van der Waals surface area contributed by atoms with Crippen molar-refractivity contribution in [3.8, 4) is 0 Å². The van der Waals surface area contributed by atoms with Crippen LogP contribution >= 0.6 is 23.2 Å². The SMILES string of the molecule is C[C@@H]1Cc2nn3c(c2CN1C(=O)c1ccc(Cl)c(Cl)c1)C(=O)N([C@H](C)c1cnc(C2CC2)cn1)C[C@H]3C. The van der Waals surface area contributed by atoms with Gasteiger partial charge in [-0.3, -0.25) is 24.2 Å². The molecule has 0 N–H and O–H groups in total. The fraction of sp³-hybridized carbons (Fsp3) is 0.444. The number of rotatable bonds is 4. The normalized spacial score (nSPS) is 22.0. The number of amides is 2. The highest BCUT2D eigenvalue weighted by molar-refractivity contribution is 6.42. The number of fused-ring (bicyclic) bond motifs is 3. The van der Waals surface area contributed by atoms with Gasteiger partial charge in [-0.2, -0.15) is 5.10 Å².